The summed E-state index contributed by atoms with van der Waals surface area (Å²) in [6, 6.07) is 13.1. The minimum atomic E-state index is 0.675. The van der Waals surface area contributed by atoms with E-state index in [0.29, 0.717) is 10.8 Å². The van der Waals surface area contributed by atoms with Crippen molar-refractivity contribution >= 4 is 23.6 Å². The molecule has 0 saturated heterocycles. The summed E-state index contributed by atoms with van der Waals surface area (Å²) in [5.41, 5.74) is 3.69. The number of nitrogens with one attached hydrogen (secondary N) is 1. The average Bonchev–Trinajstić information content (AvgIpc) is 2.33. The van der Waals surface area contributed by atoms with Gasteiger partial charge < -0.3 is 0 Å². The highest BCUT2D eigenvalue weighted by molar-refractivity contribution is 6.33. The van der Waals surface area contributed by atoms with Crippen molar-refractivity contribution in [3.63, 3.8) is 0 Å². The molecule has 1 N–H and O–H groups in total. The molecule has 0 aliphatic rings. The summed E-state index contributed by atoms with van der Waals surface area (Å²) in [5.74, 6) is 0.700. The number of halogens is 1. The van der Waals surface area contributed by atoms with Gasteiger partial charge in [0.25, 0.3) is 0 Å². The average molecular weight is 232 g/mol. The van der Waals surface area contributed by atoms with Crippen molar-refractivity contribution in [2.24, 2.45) is 5.10 Å². The second kappa shape index (κ2) is 5.28. The molecule has 80 valence electrons. The molecular formula is C12H10ClN3. The molecule has 0 atom stereocenters. The second-order valence-electron chi connectivity index (χ2n) is 3.11. The maximum absolute atomic E-state index is 5.97. The molecule has 0 unspecified atom stereocenters. The summed E-state index contributed by atoms with van der Waals surface area (Å²) in [6.07, 6.45) is 3.37. The first kappa shape index (κ1) is 10.6. The third kappa shape index (κ3) is 2.81. The predicted molar refractivity (Wildman–Crippen MR) is 66.9 cm³/mol. The molecule has 1 heterocycles. The first-order valence-corrected chi connectivity index (χ1v) is 5.19. The summed E-state index contributed by atoms with van der Waals surface area (Å²) >= 11 is 5.97. The number of hydrazone groups is 1. The lowest BCUT2D eigenvalue weighted by molar-refractivity contribution is 1.23. The van der Waals surface area contributed by atoms with Crippen LogP contribution >= 0.6 is 11.6 Å². The van der Waals surface area contributed by atoms with Gasteiger partial charge in [-0.2, -0.15) is 5.10 Å². The molecule has 0 amide bonds. The highest BCUT2D eigenvalue weighted by Gasteiger charge is 1.93. The molecule has 16 heavy (non-hydrogen) atoms. The summed E-state index contributed by atoms with van der Waals surface area (Å²) < 4.78 is 0. The highest BCUT2D eigenvalue weighted by Crippen LogP contribution is 2.12. The standard InChI is InChI=1S/C12H10ClN3/c13-11-6-2-1-5-10(11)9-15-16-12-7-3-4-8-14-12/h1-9H,(H,14,16)/b15-9-. The van der Waals surface area contributed by atoms with E-state index in [-0.39, 0.29) is 0 Å². The number of anilines is 1. The Morgan fingerprint density at radius 2 is 1.94 bits per heavy atom. The number of rotatable bonds is 3. The summed E-state index contributed by atoms with van der Waals surface area (Å²) in [5, 5.41) is 4.73. The molecule has 0 saturated carbocycles. The van der Waals surface area contributed by atoms with Crippen molar-refractivity contribution in [3.05, 3.63) is 59.2 Å². The molecule has 0 spiro atoms. The Balaban J connectivity index is 2.03. The van der Waals surface area contributed by atoms with E-state index in [1.54, 1.807) is 12.4 Å². The monoisotopic (exact) mass is 231 g/mol. The van der Waals surface area contributed by atoms with E-state index in [1.807, 2.05) is 42.5 Å². The van der Waals surface area contributed by atoms with Gasteiger partial charge in [0.2, 0.25) is 0 Å². The molecule has 0 aliphatic heterocycles. The lowest BCUT2D eigenvalue weighted by Crippen LogP contribution is -1.92. The topological polar surface area (TPSA) is 37.3 Å². The van der Waals surface area contributed by atoms with Crippen molar-refractivity contribution < 1.29 is 0 Å². The Bertz CT molecular complexity index is 483. The van der Waals surface area contributed by atoms with E-state index in [0.717, 1.165) is 5.56 Å². The summed E-state index contributed by atoms with van der Waals surface area (Å²) in [4.78, 5) is 4.07. The van der Waals surface area contributed by atoms with Crippen LogP contribution in [0.2, 0.25) is 5.02 Å². The van der Waals surface area contributed by atoms with Crippen LogP contribution in [0, 0.1) is 0 Å². The van der Waals surface area contributed by atoms with Gasteiger partial charge >= 0.3 is 0 Å². The molecule has 1 aromatic heterocycles. The van der Waals surface area contributed by atoms with Crippen molar-refractivity contribution in [1.82, 2.24) is 4.98 Å². The SMILES string of the molecule is Clc1ccccc1/C=N\Nc1ccccn1. The molecule has 1 aromatic carbocycles. The Labute approximate surface area is 98.8 Å². The van der Waals surface area contributed by atoms with Crippen LogP contribution in [-0.2, 0) is 0 Å². The van der Waals surface area contributed by atoms with E-state index in [2.05, 4.69) is 15.5 Å². The normalized spacial score (nSPS) is 10.6. The highest BCUT2D eigenvalue weighted by atomic mass is 35.5. The minimum Gasteiger partial charge on any atom is -0.261 e. The number of aromatic nitrogens is 1. The van der Waals surface area contributed by atoms with Gasteiger partial charge in [-0.25, -0.2) is 4.98 Å². The zero-order valence-corrected chi connectivity index (χ0v) is 9.22. The molecule has 2 aromatic rings. The first-order chi connectivity index (χ1) is 7.86. The summed E-state index contributed by atoms with van der Waals surface area (Å²) in [7, 11) is 0. The van der Waals surface area contributed by atoms with Crippen LogP contribution in [0.3, 0.4) is 0 Å². The van der Waals surface area contributed by atoms with E-state index in [4.69, 9.17) is 11.6 Å². The van der Waals surface area contributed by atoms with Crippen LogP contribution in [0.25, 0.3) is 0 Å². The molecule has 0 radical (unpaired) electrons. The molecule has 3 nitrogen and oxygen atoms in total. The number of pyridine rings is 1. The molecule has 0 aliphatic carbocycles. The molecule has 4 heteroatoms. The van der Waals surface area contributed by atoms with Crippen LogP contribution < -0.4 is 5.43 Å². The quantitative estimate of drug-likeness (QED) is 0.651. The van der Waals surface area contributed by atoms with Gasteiger partial charge in [-0.15, -0.1) is 0 Å². The maximum atomic E-state index is 5.97. The van der Waals surface area contributed by atoms with Crippen LogP contribution in [0.15, 0.2) is 53.8 Å². The van der Waals surface area contributed by atoms with Crippen LogP contribution in [0.1, 0.15) is 5.56 Å². The van der Waals surface area contributed by atoms with E-state index < -0.39 is 0 Å². The maximum Gasteiger partial charge on any atom is 0.146 e. The van der Waals surface area contributed by atoms with Gasteiger partial charge in [0, 0.05) is 16.8 Å². The fourth-order valence-corrected chi connectivity index (χ4v) is 1.36. The van der Waals surface area contributed by atoms with Crippen molar-refractivity contribution in [2.75, 3.05) is 5.43 Å². The first-order valence-electron chi connectivity index (χ1n) is 4.81. The van der Waals surface area contributed by atoms with E-state index >= 15 is 0 Å². The number of hydrogen-bond acceptors (Lipinski definition) is 3. The number of hydrogen-bond donors (Lipinski definition) is 1. The fourth-order valence-electron chi connectivity index (χ4n) is 1.18. The molecule has 0 bridgehead atoms. The Morgan fingerprint density at radius 3 is 2.69 bits per heavy atom. The zero-order valence-electron chi connectivity index (χ0n) is 8.47. The van der Waals surface area contributed by atoms with Crippen molar-refractivity contribution in [3.8, 4) is 0 Å². The predicted octanol–water partition coefficient (Wildman–Crippen LogP) is 3.18. The summed E-state index contributed by atoms with van der Waals surface area (Å²) in [6.45, 7) is 0. The van der Waals surface area contributed by atoms with Gasteiger partial charge in [-0.3, -0.25) is 5.43 Å². The van der Waals surface area contributed by atoms with E-state index in [9.17, 15) is 0 Å². The third-order valence-electron chi connectivity index (χ3n) is 1.95. The molecular weight excluding hydrogens is 222 g/mol. The minimum absolute atomic E-state index is 0.675. The second-order valence-corrected chi connectivity index (χ2v) is 3.51. The Hall–Kier alpha value is -1.87. The third-order valence-corrected chi connectivity index (χ3v) is 2.30. The van der Waals surface area contributed by atoms with Gasteiger partial charge in [0.15, 0.2) is 0 Å². The van der Waals surface area contributed by atoms with Crippen molar-refractivity contribution in [1.29, 1.82) is 0 Å². The van der Waals surface area contributed by atoms with Gasteiger partial charge in [0.05, 0.1) is 6.21 Å². The van der Waals surface area contributed by atoms with Crippen molar-refractivity contribution in [2.45, 2.75) is 0 Å². The van der Waals surface area contributed by atoms with Crippen LogP contribution in [0.5, 0.6) is 0 Å². The number of nitrogens with zero attached hydrogens (tertiary/aromatic N) is 2. The zero-order chi connectivity index (χ0) is 11.2. The van der Waals surface area contributed by atoms with Gasteiger partial charge in [-0.05, 0) is 18.2 Å². The largest absolute Gasteiger partial charge is 0.261 e. The van der Waals surface area contributed by atoms with Crippen LogP contribution in [-0.4, -0.2) is 11.2 Å². The Kier molecular flexibility index (Phi) is 3.51. The van der Waals surface area contributed by atoms with Gasteiger partial charge in [0.1, 0.15) is 5.82 Å². The van der Waals surface area contributed by atoms with Gasteiger partial charge in [-0.1, -0.05) is 35.9 Å². The van der Waals surface area contributed by atoms with E-state index in [1.165, 1.54) is 0 Å². The smallest absolute Gasteiger partial charge is 0.146 e. The molecule has 0 fully saturated rings. The fraction of sp³-hybridized carbons (Fsp3) is 0. The van der Waals surface area contributed by atoms with Crippen LogP contribution in [0.4, 0.5) is 5.82 Å². The number of benzene rings is 1. The lowest BCUT2D eigenvalue weighted by Gasteiger charge is -1.98. The Morgan fingerprint density at radius 1 is 1.12 bits per heavy atom. The lowest BCUT2D eigenvalue weighted by atomic mass is 10.2. The molecule has 2 rings (SSSR count).